The van der Waals surface area contributed by atoms with E-state index in [1.807, 2.05) is 61.5 Å². The summed E-state index contributed by atoms with van der Waals surface area (Å²) in [6, 6.07) is 13.9. The fourth-order valence-electron chi connectivity index (χ4n) is 4.59. The molecule has 1 aromatic heterocycles. The van der Waals surface area contributed by atoms with Gasteiger partial charge in [0, 0.05) is 42.2 Å². The first-order chi connectivity index (χ1) is 16.5. The molecule has 2 N–H and O–H groups in total. The van der Waals surface area contributed by atoms with Crippen LogP contribution in [0.2, 0.25) is 5.02 Å². The lowest BCUT2D eigenvalue weighted by Gasteiger charge is -2.30. The van der Waals surface area contributed by atoms with Gasteiger partial charge < -0.3 is 20.3 Å². The third kappa shape index (κ3) is 4.80. The smallest absolute Gasteiger partial charge is 0.250 e. The number of hydrogen-bond acceptors (Lipinski definition) is 6. The Bertz CT molecular complexity index is 1250. The summed E-state index contributed by atoms with van der Waals surface area (Å²) in [7, 11) is 3.98. The molecule has 1 aliphatic heterocycles. The van der Waals surface area contributed by atoms with Gasteiger partial charge in [0.25, 0.3) is 5.91 Å². The molecular weight excluding hydrogens is 450 g/mol. The first kappa shape index (κ1) is 22.5. The lowest BCUT2D eigenvalue weighted by atomic mass is 9.91. The van der Waals surface area contributed by atoms with E-state index in [2.05, 4.69) is 10.6 Å². The predicted molar refractivity (Wildman–Crippen MR) is 137 cm³/mol. The molecule has 0 unspecified atom stereocenters. The Morgan fingerprint density at radius 3 is 2.62 bits per heavy atom. The van der Waals surface area contributed by atoms with Crippen molar-refractivity contribution in [3.63, 3.8) is 0 Å². The van der Waals surface area contributed by atoms with Gasteiger partial charge in [-0.1, -0.05) is 23.7 Å². The van der Waals surface area contributed by atoms with Crippen molar-refractivity contribution in [2.24, 2.45) is 0 Å². The standard InChI is InChI=1S/C26H28ClN5O2/c1-32(2)24-21-5-3-4-6-22(21)30-26(31-24)29-20-10-8-19(9-11-20)28-25(33)17-13-16-14-18(27)7-12-23(16)34-15-17/h3-7,12-14,19-20H,8-11,15H2,1-2H3,(H,28,33)(H,29,30,31)/t19-,20+. The van der Waals surface area contributed by atoms with Crippen LogP contribution in [-0.2, 0) is 4.79 Å². The monoisotopic (exact) mass is 477 g/mol. The van der Waals surface area contributed by atoms with Crippen molar-refractivity contribution in [2.75, 3.05) is 30.9 Å². The number of aromatic nitrogens is 2. The summed E-state index contributed by atoms with van der Waals surface area (Å²) in [4.78, 5) is 24.3. The molecule has 0 atom stereocenters. The molecule has 3 aromatic rings. The van der Waals surface area contributed by atoms with Gasteiger partial charge in [-0.15, -0.1) is 0 Å². The van der Waals surface area contributed by atoms with Gasteiger partial charge >= 0.3 is 0 Å². The molecule has 2 aliphatic rings. The number of para-hydroxylation sites is 1. The second kappa shape index (κ2) is 9.50. The van der Waals surface area contributed by atoms with Crippen LogP contribution in [0, 0.1) is 0 Å². The number of fused-ring (bicyclic) bond motifs is 2. The van der Waals surface area contributed by atoms with E-state index in [9.17, 15) is 4.79 Å². The van der Waals surface area contributed by atoms with E-state index in [1.165, 1.54) is 0 Å². The topological polar surface area (TPSA) is 79.4 Å². The molecule has 2 aromatic carbocycles. The molecule has 8 heteroatoms. The lowest BCUT2D eigenvalue weighted by molar-refractivity contribution is -0.118. The highest BCUT2D eigenvalue weighted by Gasteiger charge is 2.25. The predicted octanol–water partition coefficient (Wildman–Crippen LogP) is 4.66. The normalized spacial score (nSPS) is 19.6. The van der Waals surface area contributed by atoms with Crippen molar-refractivity contribution in [3.05, 3.63) is 58.6 Å². The Labute approximate surface area is 204 Å². The summed E-state index contributed by atoms with van der Waals surface area (Å²) in [6.45, 7) is 0.269. The zero-order chi connectivity index (χ0) is 23.7. The quantitative estimate of drug-likeness (QED) is 0.556. The number of anilines is 2. The molecule has 34 heavy (non-hydrogen) atoms. The number of carbonyl (C=O) groups excluding carboxylic acids is 1. The minimum absolute atomic E-state index is 0.0736. The van der Waals surface area contributed by atoms with E-state index in [4.69, 9.17) is 26.3 Å². The summed E-state index contributed by atoms with van der Waals surface area (Å²) in [5.41, 5.74) is 2.38. The molecule has 0 radical (unpaired) electrons. The molecule has 0 spiro atoms. The fraction of sp³-hybridized carbons (Fsp3) is 0.346. The van der Waals surface area contributed by atoms with Crippen LogP contribution < -0.4 is 20.3 Å². The zero-order valence-corrected chi connectivity index (χ0v) is 20.1. The second-order valence-electron chi connectivity index (χ2n) is 9.09. The molecule has 0 saturated heterocycles. The summed E-state index contributed by atoms with van der Waals surface area (Å²) >= 11 is 6.08. The van der Waals surface area contributed by atoms with Gasteiger partial charge in [-0.25, -0.2) is 4.98 Å². The average Bonchev–Trinajstić information content (AvgIpc) is 2.84. The van der Waals surface area contributed by atoms with Crippen molar-refractivity contribution in [2.45, 2.75) is 37.8 Å². The van der Waals surface area contributed by atoms with E-state index in [-0.39, 0.29) is 24.6 Å². The van der Waals surface area contributed by atoms with Gasteiger partial charge in [-0.2, -0.15) is 4.98 Å². The number of nitrogens with zero attached hydrogens (tertiary/aromatic N) is 3. The van der Waals surface area contributed by atoms with Crippen LogP contribution in [0.3, 0.4) is 0 Å². The Kier molecular flexibility index (Phi) is 6.28. The summed E-state index contributed by atoms with van der Waals surface area (Å²) < 4.78 is 5.73. The number of rotatable bonds is 5. The number of benzene rings is 2. The van der Waals surface area contributed by atoms with E-state index in [0.717, 1.165) is 53.7 Å². The van der Waals surface area contributed by atoms with Crippen molar-refractivity contribution >= 4 is 46.3 Å². The van der Waals surface area contributed by atoms with Gasteiger partial charge in [0.05, 0.1) is 11.1 Å². The number of nitrogens with one attached hydrogen (secondary N) is 2. The fourth-order valence-corrected chi connectivity index (χ4v) is 4.77. The molecule has 7 nitrogen and oxygen atoms in total. The molecule has 2 heterocycles. The van der Waals surface area contributed by atoms with Crippen molar-refractivity contribution in [3.8, 4) is 5.75 Å². The van der Waals surface area contributed by atoms with E-state index < -0.39 is 0 Å². The third-order valence-corrected chi connectivity index (χ3v) is 6.61. The molecule has 1 amide bonds. The van der Waals surface area contributed by atoms with Crippen molar-refractivity contribution in [1.82, 2.24) is 15.3 Å². The largest absolute Gasteiger partial charge is 0.488 e. The number of hydrogen-bond donors (Lipinski definition) is 2. The molecule has 1 fully saturated rings. The number of halogens is 1. The van der Waals surface area contributed by atoms with Crippen LogP contribution >= 0.6 is 11.6 Å². The Hall–Kier alpha value is -3.32. The van der Waals surface area contributed by atoms with Crippen molar-refractivity contribution in [1.29, 1.82) is 0 Å². The lowest BCUT2D eigenvalue weighted by Crippen LogP contribution is -2.41. The third-order valence-electron chi connectivity index (χ3n) is 6.38. The summed E-state index contributed by atoms with van der Waals surface area (Å²) in [6.07, 6.45) is 5.54. The zero-order valence-electron chi connectivity index (χ0n) is 19.3. The SMILES string of the molecule is CN(C)c1nc(N[C@H]2CC[C@@H](NC(=O)C3=Cc4cc(Cl)ccc4OC3)CC2)nc2ccccc12. The maximum Gasteiger partial charge on any atom is 0.250 e. The molecular formula is C26H28ClN5O2. The van der Waals surface area contributed by atoms with Crippen LogP contribution in [0.5, 0.6) is 5.75 Å². The van der Waals surface area contributed by atoms with Crippen LogP contribution in [0.4, 0.5) is 11.8 Å². The van der Waals surface area contributed by atoms with Gasteiger partial charge in [0.1, 0.15) is 18.2 Å². The average molecular weight is 478 g/mol. The number of amides is 1. The van der Waals surface area contributed by atoms with Crippen molar-refractivity contribution < 1.29 is 9.53 Å². The molecule has 176 valence electrons. The molecule has 0 bridgehead atoms. The molecule has 1 aliphatic carbocycles. The minimum atomic E-state index is -0.0736. The van der Waals surface area contributed by atoms with Crippen LogP contribution in [-0.4, -0.2) is 48.7 Å². The van der Waals surface area contributed by atoms with E-state index >= 15 is 0 Å². The summed E-state index contributed by atoms with van der Waals surface area (Å²) in [5.74, 6) is 2.23. The number of carbonyl (C=O) groups is 1. The Morgan fingerprint density at radius 2 is 1.82 bits per heavy atom. The Balaban J connectivity index is 1.19. The van der Waals surface area contributed by atoms with Gasteiger partial charge in [0.2, 0.25) is 5.95 Å². The second-order valence-corrected chi connectivity index (χ2v) is 9.53. The minimum Gasteiger partial charge on any atom is -0.488 e. The summed E-state index contributed by atoms with van der Waals surface area (Å²) in [5, 5.41) is 8.36. The highest BCUT2D eigenvalue weighted by Crippen LogP contribution is 2.30. The van der Waals surface area contributed by atoms with Gasteiger partial charge in [-0.05, 0) is 62.1 Å². The van der Waals surface area contributed by atoms with Gasteiger partial charge in [0.15, 0.2) is 0 Å². The first-order valence-corrected chi connectivity index (χ1v) is 12.0. The van der Waals surface area contributed by atoms with Crippen LogP contribution in [0.15, 0.2) is 48.0 Å². The first-order valence-electron chi connectivity index (χ1n) is 11.6. The maximum absolute atomic E-state index is 12.8. The number of ether oxygens (including phenoxy) is 1. The van der Waals surface area contributed by atoms with Crippen LogP contribution in [0.25, 0.3) is 17.0 Å². The van der Waals surface area contributed by atoms with E-state index in [1.54, 1.807) is 6.07 Å². The maximum atomic E-state index is 12.8. The van der Waals surface area contributed by atoms with E-state index in [0.29, 0.717) is 16.5 Å². The molecule has 1 saturated carbocycles. The highest BCUT2D eigenvalue weighted by molar-refractivity contribution is 6.30. The highest BCUT2D eigenvalue weighted by atomic mass is 35.5. The molecule has 5 rings (SSSR count). The van der Waals surface area contributed by atoms with Crippen LogP contribution in [0.1, 0.15) is 31.2 Å². The van der Waals surface area contributed by atoms with Gasteiger partial charge in [-0.3, -0.25) is 4.79 Å². The Morgan fingerprint density at radius 1 is 1.06 bits per heavy atom.